The van der Waals surface area contributed by atoms with E-state index in [0.717, 1.165) is 51.6 Å². The smallest absolute Gasteiger partial charge is 0.248 e. The number of likely N-dealkylation sites (N-methyl/N-ethyl adjacent to an activating group) is 2. The van der Waals surface area contributed by atoms with Crippen molar-refractivity contribution in [2.45, 2.75) is 63.4 Å². The molecule has 2 fully saturated rings. The normalized spacial score (nSPS) is 18.2. The maximum Gasteiger partial charge on any atom is 0.248 e. The Bertz CT molecular complexity index is 983. The monoisotopic (exact) mass is 538 g/mol. The van der Waals surface area contributed by atoms with Crippen molar-refractivity contribution in [3.8, 4) is 5.75 Å². The minimum Gasteiger partial charge on any atom is -0.497 e. The van der Waals surface area contributed by atoms with Crippen LogP contribution in [0, 0.1) is 13.8 Å². The van der Waals surface area contributed by atoms with Crippen LogP contribution in [0.15, 0.2) is 17.0 Å². The van der Waals surface area contributed by atoms with Crippen molar-refractivity contribution in [2.24, 2.45) is 0 Å². The number of hydrogen-bond acceptors (Lipinski definition) is 7. The van der Waals surface area contributed by atoms with Crippen LogP contribution >= 0.6 is 0 Å². The number of amides is 1. The first-order valence-corrected chi connectivity index (χ1v) is 14.9. The molecule has 1 unspecified atom stereocenters. The zero-order valence-electron chi connectivity index (χ0n) is 23.5. The topological polar surface area (TPSA) is 82.6 Å². The molecular formula is C27H46N4O5S. The Morgan fingerprint density at radius 3 is 2.27 bits per heavy atom. The largest absolute Gasteiger partial charge is 0.497 e. The quantitative estimate of drug-likeness (QED) is 0.336. The number of carbonyl (C=O) groups excluding carboxylic acids is 1. The minimum absolute atomic E-state index is 0.0540. The highest BCUT2D eigenvalue weighted by molar-refractivity contribution is 7.89. The van der Waals surface area contributed by atoms with Gasteiger partial charge in [-0.15, -0.1) is 0 Å². The molecule has 37 heavy (non-hydrogen) atoms. The standard InChI is InChI=1S/C27H46N4O5S/c1-7-23(10-11-30-12-14-31(15-13-30)24-8-9-24)29(5)26(32)20-36-17-16-28(4)37(33,34)27-21(2)18-25(35-6)19-22(27)3/h18-19,23-24H,7-17,20H2,1-6H3. The summed E-state index contributed by atoms with van der Waals surface area (Å²) in [5.41, 5.74) is 1.27. The minimum atomic E-state index is -3.69. The number of benzene rings is 1. The molecule has 1 atom stereocenters. The Hall–Kier alpha value is -1.72. The molecule has 3 rings (SSSR count). The fourth-order valence-electron chi connectivity index (χ4n) is 5.16. The van der Waals surface area contributed by atoms with Gasteiger partial charge in [-0.05, 0) is 62.8 Å². The van der Waals surface area contributed by atoms with E-state index in [1.807, 2.05) is 7.05 Å². The summed E-state index contributed by atoms with van der Waals surface area (Å²) in [5, 5.41) is 0. The fraction of sp³-hybridized carbons (Fsp3) is 0.741. The predicted octanol–water partition coefficient (Wildman–Crippen LogP) is 2.36. The first-order valence-electron chi connectivity index (χ1n) is 13.5. The SMILES string of the molecule is CCC(CCN1CCN(C2CC2)CC1)N(C)C(=O)COCCN(C)S(=O)(=O)c1c(C)cc(OC)cc1C. The van der Waals surface area contributed by atoms with Gasteiger partial charge in [0.15, 0.2) is 0 Å². The molecule has 1 aromatic rings. The summed E-state index contributed by atoms with van der Waals surface area (Å²) in [4.78, 5) is 20.0. The van der Waals surface area contributed by atoms with Crippen molar-refractivity contribution >= 4 is 15.9 Å². The molecule has 0 bridgehead atoms. The Morgan fingerprint density at radius 1 is 1.11 bits per heavy atom. The van der Waals surface area contributed by atoms with Crippen LogP contribution in [0.4, 0.5) is 0 Å². The molecule has 0 spiro atoms. The second-order valence-electron chi connectivity index (χ2n) is 10.4. The number of aryl methyl sites for hydroxylation is 2. The van der Waals surface area contributed by atoms with Gasteiger partial charge in [0.25, 0.3) is 0 Å². The van der Waals surface area contributed by atoms with Gasteiger partial charge < -0.3 is 19.3 Å². The number of ether oxygens (including phenoxy) is 2. The molecule has 1 amide bonds. The molecule has 0 radical (unpaired) electrons. The lowest BCUT2D eigenvalue weighted by molar-refractivity contribution is -0.137. The molecule has 1 saturated carbocycles. The molecule has 2 aliphatic rings. The van der Waals surface area contributed by atoms with Gasteiger partial charge >= 0.3 is 0 Å². The third-order valence-electron chi connectivity index (χ3n) is 7.77. The molecule has 1 aliphatic carbocycles. The second-order valence-corrected chi connectivity index (χ2v) is 12.4. The van der Waals surface area contributed by atoms with Gasteiger partial charge in [0, 0.05) is 65.4 Å². The highest BCUT2D eigenvalue weighted by atomic mass is 32.2. The van der Waals surface area contributed by atoms with Gasteiger partial charge in [0.05, 0.1) is 18.6 Å². The van der Waals surface area contributed by atoms with Crippen LogP contribution in [0.5, 0.6) is 5.75 Å². The summed E-state index contributed by atoms with van der Waals surface area (Å²) in [6, 6.07) is 4.44. The summed E-state index contributed by atoms with van der Waals surface area (Å²) >= 11 is 0. The van der Waals surface area contributed by atoms with Gasteiger partial charge in [-0.25, -0.2) is 8.42 Å². The maximum absolute atomic E-state index is 13.1. The average molecular weight is 539 g/mol. The van der Waals surface area contributed by atoms with Crippen LogP contribution in [0.2, 0.25) is 0 Å². The van der Waals surface area contributed by atoms with Crippen molar-refractivity contribution in [3.63, 3.8) is 0 Å². The van der Waals surface area contributed by atoms with Crippen LogP contribution in [0.3, 0.4) is 0 Å². The highest BCUT2D eigenvalue weighted by Gasteiger charge is 2.31. The molecule has 1 saturated heterocycles. The van der Waals surface area contributed by atoms with Crippen LogP contribution in [-0.4, -0.2) is 119 Å². The molecule has 1 aromatic carbocycles. The van der Waals surface area contributed by atoms with Crippen molar-refractivity contribution in [1.29, 1.82) is 0 Å². The number of piperazine rings is 1. The van der Waals surface area contributed by atoms with Crippen molar-refractivity contribution < 1.29 is 22.7 Å². The van der Waals surface area contributed by atoms with E-state index in [-0.39, 0.29) is 36.6 Å². The number of methoxy groups -OCH3 is 1. The summed E-state index contributed by atoms with van der Waals surface area (Å²) in [6.45, 7) is 11.4. The predicted molar refractivity (Wildman–Crippen MR) is 146 cm³/mol. The van der Waals surface area contributed by atoms with Gasteiger partial charge in [-0.1, -0.05) is 6.92 Å². The van der Waals surface area contributed by atoms with Gasteiger partial charge in [0.1, 0.15) is 12.4 Å². The fourth-order valence-corrected chi connectivity index (χ4v) is 6.72. The molecule has 1 heterocycles. The second kappa shape index (κ2) is 13.4. The first kappa shape index (κ1) is 29.8. The molecule has 10 heteroatoms. The maximum atomic E-state index is 13.1. The van der Waals surface area contributed by atoms with Gasteiger partial charge in [-0.3, -0.25) is 9.69 Å². The lowest BCUT2D eigenvalue weighted by atomic mass is 10.1. The van der Waals surface area contributed by atoms with Gasteiger partial charge in [0.2, 0.25) is 15.9 Å². The van der Waals surface area contributed by atoms with E-state index >= 15 is 0 Å². The van der Waals surface area contributed by atoms with Crippen molar-refractivity contribution in [1.82, 2.24) is 19.0 Å². The number of rotatable bonds is 14. The number of hydrogen-bond donors (Lipinski definition) is 0. The van der Waals surface area contributed by atoms with Crippen LogP contribution in [0.25, 0.3) is 0 Å². The Morgan fingerprint density at radius 2 is 1.73 bits per heavy atom. The average Bonchev–Trinajstić information content (AvgIpc) is 3.71. The molecule has 210 valence electrons. The summed E-state index contributed by atoms with van der Waals surface area (Å²) in [5.74, 6) is 0.557. The van der Waals surface area contributed by atoms with E-state index in [4.69, 9.17) is 9.47 Å². The summed E-state index contributed by atoms with van der Waals surface area (Å²) in [7, 11) is 1.25. The molecule has 0 N–H and O–H groups in total. The third-order valence-corrected chi connectivity index (χ3v) is 9.94. The van der Waals surface area contributed by atoms with Crippen LogP contribution < -0.4 is 4.74 Å². The Kier molecular flexibility index (Phi) is 10.8. The zero-order valence-corrected chi connectivity index (χ0v) is 24.3. The number of nitrogens with zero attached hydrogens (tertiary/aromatic N) is 4. The zero-order chi connectivity index (χ0) is 27.2. The molecule has 1 aliphatic heterocycles. The molecule has 0 aromatic heterocycles. The van der Waals surface area contributed by atoms with E-state index in [9.17, 15) is 13.2 Å². The highest BCUT2D eigenvalue weighted by Crippen LogP contribution is 2.28. The Balaban J connectivity index is 1.41. The lowest BCUT2D eigenvalue weighted by Gasteiger charge is -2.36. The van der Waals surface area contributed by atoms with E-state index in [1.54, 1.807) is 38.0 Å². The van der Waals surface area contributed by atoms with Crippen molar-refractivity contribution in [2.75, 3.05) is 73.7 Å². The van der Waals surface area contributed by atoms with Crippen LogP contribution in [-0.2, 0) is 19.6 Å². The first-order chi connectivity index (χ1) is 17.6. The lowest BCUT2D eigenvalue weighted by Crippen LogP contribution is -2.48. The summed E-state index contributed by atoms with van der Waals surface area (Å²) < 4.78 is 38.4. The van der Waals surface area contributed by atoms with E-state index in [0.29, 0.717) is 16.9 Å². The van der Waals surface area contributed by atoms with Gasteiger partial charge in [-0.2, -0.15) is 4.31 Å². The summed E-state index contributed by atoms with van der Waals surface area (Å²) in [6.07, 6.45) is 4.57. The molecule has 9 nitrogen and oxygen atoms in total. The number of sulfonamides is 1. The van der Waals surface area contributed by atoms with E-state index < -0.39 is 10.0 Å². The van der Waals surface area contributed by atoms with E-state index in [2.05, 4.69) is 16.7 Å². The Labute approximate surface area is 223 Å². The van der Waals surface area contributed by atoms with E-state index in [1.165, 1.54) is 24.2 Å². The van der Waals surface area contributed by atoms with Crippen molar-refractivity contribution in [3.05, 3.63) is 23.3 Å². The molecular weight excluding hydrogens is 492 g/mol. The number of carbonyl (C=O) groups is 1. The van der Waals surface area contributed by atoms with Crippen LogP contribution in [0.1, 0.15) is 43.7 Å². The third kappa shape index (κ3) is 7.89.